The van der Waals surface area contributed by atoms with E-state index in [1.807, 2.05) is 25.1 Å². The maximum absolute atomic E-state index is 12.6. The van der Waals surface area contributed by atoms with E-state index in [4.69, 9.17) is 0 Å². The van der Waals surface area contributed by atoms with Crippen molar-refractivity contribution in [3.63, 3.8) is 0 Å². The summed E-state index contributed by atoms with van der Waals surface area (Å²) in [5.41, 5.74) is 2.51. The zero-order valence-electron chi connectivity index (χ0n) is 16.9. The number of amides is 1. The van der Waals surface area contributed by atoms with Gasteiger partial charge in [-0.3, -0.25) is 4.79 Å². The molecule has 0 atom stereocenters. The van der Waals surface area contributed by atoms with Crippen molar-refractivity contribution in [2.24, 2.45) is 0 Å². The quantitative estimate of drug-likeness (QED) is 0.623. The number of rotatable bonds is 4. The minimum absolute atomic E-state index is 0.218. The maximum Gasteiger partial charge on any atom is 0.573 e. The lowest BCUT2D eigenvalue weighted by molar-refractivity contribution is -0.274. The average molecular weight is 430 g/mol. The summed E-state index contributed by atoms with van der Waals surface area (Å²) in [6.45, 7) is 2.73. The van der Waals surface area contributed by atoms with Crippen LogP contribution in [0.4, 0.5) is 18.9 Å². The van der Waals surface area contributed by atoms with Crippen molar-refractivity contribution in [2.75, 3.05) is 5.32 Å². The van der Waals surface area contributed by atoms with Crippen LogP contribution >= 0.6 is 0 Å². The summed E-state index contributed by atoms with van der Waals surface area (Å²) in [7, 11) is 0. The van der Waals surface area contributed by atoms with Crippen molar-refractivity contribution in [3.05, 3.63) is 59.4 Å². The van der Waals surface area contributed by atoms with Gasteiger partial charge in [-0.2, -0.15) is 0 Å². The van der Waals surface area contributed by atoms with E-state index in [2.05, 4.69) is 24.8 Å². The van der Waals surface area contributed by atoms with Crippen LogP contribution in [0.3, 0.4) is 0 Å². The van der Waals surface area contributed by atoms with Crippen LogP contribution in [-0.4, -0.2) is 27.0 Å². The van der Waals surface area contributed by atoms with Crippen molar-refractivity contribution >= 4 is 11.6 Å². The highest BCUT2D eigenvalue weighted by atomic mass is 19.4. The minimum atomic E-state index is -4.78. The number of benzene rings is 2. The SMILES string of the molecule is Cc1ccc(-c2nnc3n2CCCCC3)cc1NC(=O)c1ccc(OC(F)(F)F)cc1. The van der Waals surface area contributed by atoms with Gasteiger partial charge in [-0.05, 0) is 55.7 Å². The molecule has 4 rings (SSSR count). The summed E-state index contributed by atoms with van der Waals surface area (Å²) in [4.78, 5) is 12.6. The van der Waals surface area contributed by atoms with Crippen LogP contribution in [0.25, 0.3) is 11.4 Å². The van der Waals surface area contributed by atoms with Crippen molar-refractivity contribution < 1.29 is 22.7 Å². The van der Waals surface area contributed by atoms with Crippen LogP contribution in [0.5, 0.6) is 5.75 Å². The monoisotopic (exact) mass is 430 g/mol. The molecule has 0 unspecified atom stereocenters. The number of ether oxygens (including phenoxy) is 1. The Bertz CT molecular complexity index is 1090. The third-order valence-corrected chi connectivity index (χ3v) is 5.20. The first-order valence-corrected chi connectivity index (χ1v) is 10.0. The summed E-state index contributed by atoms with van der Waals surface area (Å²) >= 11 is 0. The molecule has 6 nitrogen and oxygen atoms in total. The van der Waals surface area contributed by atoms with Gasteiger partial charge in [-0.15, -0.1) is 23.4 Å². The fourth-order valence-corrected chi connectivity index (χ4v) is 3.60. The molecule has 0 spiro atoms. The normalized spacial score (nSPS) is 13.9. The van der Waals surface area contributed by atoms with E-state index < -0.39 is 12.3 Å². The average Bonchev–Trinajstić information content (AvgIpc) is 2.97. The number of carbonyl (C=O) groups excluding carboxylic acids is 1. The van der Waals surface area contributed by atoms with Crippen LogP contribution in [0, 0.1) is 6.92 Å². The van der Waals surface area contributed by atoms with E-state index in [0.29, 0.717) is 5.69 Å². The number of nitrogens with one attached hydrogen (secondary N) is 1. The number of hydrogen-bond donors (Lipinski definition) is 1. The van der Waals surface area contributed by atoms with E-state index >= 15 is 0 Å². The van der Waals surface area contributed by atoms with E-state index in [1.165, 1.54) is 12.1 Å². The smallest absolute Gasteiger partial charge is 0.406 e. The number of aromatic nitrogens is 3. The van der Waals surface area contributed by atoms with Crippen LogP contribution < -0.4 is 10.1 Å². The van der Waals surface area contributed by atoms with Crippen molar-refractivity contribution in [2.45, 2.75) is 45.5 Å². The molecular formula is C22H21F3N4O2. The molecular weight excluding hydrogens is 409 g/mol. The number of carbonyl (C=O) groups is 1. The van der Waals surface area contributed by atoms with Gasteiger partial charge in [0.2, 0.25) is 0 Å². The van der Waals surface area contributed by atoms with E-state index in [9.17, 15) is 18.0 Å². The van der Waals surface area contributed by atoms with Crippen LogP contribution in [0.15, 0.2) is 42.5 Å². The topological polar surface area (TPSA) is 69.0 Å². The van der Waals surface area contributed by atoms with Gasteiger partial charge in [0, 0.05) is 29.8 Å². The highest BCUT2D eigenvalue weighted by molar-refractivity contribution is 6.05. The van der Waals surface area contributed by atoms with Crippen molar-refractivity contribution in [3.8, 4) is 17.1 Å². The second kappa shape index (κ2) is 8.41. The molecule has 0 fully saturated rings. The molecule has 2 aromatic carbocycles. The van der Waals surface area contributed by atoms with Crippen LogP contribution in [0.1, 0.15) is 41.0 Å². The lowest BCUT2D eigenvalue weighted by atomic mass is 10.1. The molecule has 0 saturated carbocycles. The molecule has 1 aromatic heterocycles. The molecule has 31 heavy (non-hydrogen) atoms. The zero-order valence-corrected chi connectivity index (χ0v) is 16.9. The minimum Gasteiger partial charge on any atom is -0.406 e. The molecule has 1 aliphatic rings. The number of alkyl halides is 3. The van der Waals surface area contributed by atoms with Gasteiger partial charge in [-0.1, -0.05) is 18.6 Å². The lowest BCUT2D eigenvalue weighted by Gasteiger charge is -2.12. The van der Waals surface area contributed by atoms with Gasteiger partial charge in [0.1, 0.15) is 11.6 Å². The number of fused-ring (bicyclic) bond motifs is 1. The molecule has 0 bridgehead atoms. The van der Waals surface area contributed by atoms with Gasteiger partial charge in [0.05, 0.1) is 0 Å². The maximum atomic E-state index is 12.6. The van der Waals surface area contributed by atoms with Crippen LogP contribution in [-0.2, 0) is 13.0 Å². The number of halogens is 3. The molecule has 162 valence electrons. The molecule has 9 heteroatoms. The largest absolute Gasteiger partial charge is 0.573 e. The standard InChI is InChI=1S/C22H21F3N4O2/c1-14-6-7-16(20-28-27-19-5-3-2-4-12-29(19)20)13-18(14)26-21(30)15-8-10-17(11-9-15)31-22(23,24)25/h6-11,13H,2-5,12H2,1H3,(H,26,30). The zero-order chi connectivity index (χ0) is 22.0. The highest BCUT2D eigenvalue weighted by Crippen LogP contribution is 2.28. The molecule has 0 radical (unpaired) electrons. The summed E-state index contributed by atoms with van der Waals surface area (Å²) in [6, 6.07) is 10.5. The van der Waals surface area contributed by atoms with Crippen molar-refractivity contribution in [1.82, 2.24) is 14.8 Å². The van der Waals surface area contributed by atoms with Crippen molar-refractivity contribution in [1.29, 1.82) is 0 Å². The molecule has 3 aromatic rings. The predicted molar refractivity (Wildman–Crippen MR) is 109 cm³/mol. The Morgan fingerprint density at radius 3 is 2.58 bits per heavy atom. The fourth-order valence-electron chi connectivity index (χ4n) is 3.60. The number of aryl methyl sites for hydroxylation is 2. The Balaban J connectivity index is 1.54. The van der Waals surface area contributed by atoms with E-state index in [0.717, 1.165) is 67.1 Å². The second-order valence-electron chi connectivity index (χ2n) is 7.46. The van der Waals surface area contributed by atoms with E-state index in [-0.39, 0.29) is 11.3 Å². The Morgan fingerprint density at radius 1 is 1.06 bits per heavy atom. The Kier molecular flexibility index (Phi) is 5.67. The molecule has 0 aliphatic carbocycles. The van der Waals surface area contributed by atoms with Gasteiger partial charge in [-0.25, -0.2) is 0 Å². The number of anilines is 1. The second-order valence-corrected chi connectivity index (χ2v) is 7.46. The van der Waals surface area contributed by atoms with Gasteiger partial charge < -0.3 is 14.6 Å². The summed E-state index contributed by atoms with van der Waals surface area (Å²) in [5.74, 6) is 0.925. The first-order valence-electron chi connectivity index (χ1n) is 10.0. The molecule has 1 aliphatic heterocycles. The fraction of sp³-hybridized carbons (Fsp3) is 0.318. The first-order chi connectivity index (χ1) is 14.8. The lowest BCUT2D eigenvalue weighted by Crippen LogP contribution is -2.17. The van der Waals surface area contributed by atoms with Gasteiger partial charge in [0.15, 0.2) is 5.82 Å². The third-order valence-electron chi connectivity index (χ3n) is 5.20. The predicted octanol–water partition coefficient (Wildman–Crippen LogP) is 5.13. The van der Waals surface area contributed by atoms with E-state index in [1.54, 1.807) is 0 Å². The van der Waals surface area contributed by atoms with Crippen LogP contribution in [0.2, 0.25) is 0 Å². The molecule has 0 saturated heterocycles. The molecule has 1 N–H and O–H groups in total. The molecule has 2 heterocycles. The highest BCUT2D eigenvalue weighted by Gasteiger charge is 2.31. The first kappa shape index (κ1) is 20.9. The summed E-state index contributed by atoms with van der Waals surface area (Å²) in [5, 5.41) is 11.5. The Hall–Kier alpha value is -3.36. The Labute approximate surface area is 177 Å². The summed E-state index contributed by atoms with van der Waals surface area (Å²) in [6.07, 6.45) is -0.551. The number of nitrogens with zero attached hydrogens (tertiary/aromatic N) is 3. The van der Waals surface area contributed by atoms with Gasteiger partial charge in [0.25, 0.3) is 5.91 Å². The van der Waals surface area contributed by atoms with Gasteiger partial charge >= 0.3 is 6.36 Å². The molecule has 1 amide bonds. The number of hydrogen-bond acceptors (Lipinski definition) is 4. The third kappa shape index (κ3) is 4.87. The Morgan fingerprint density at radius 2 is 1.84 bits per heavy atom. The summed E-state index contributed by atoms with van der Waals surface area (Å²) < 4.78 is 42.9.